The van der Waals surface area contributed by atoms with Crippen molar-refractivity contribution in [3.8, 4) is 5.75 Å². The Balaban J connectivity index is 1.51. The number of benzene rings is 2. The summed E-state index contributed by atoms with van der Waals surface area (Å²) in [4.78, 5) is 45.1. The first-order chi connectivity index (χ1) is 20.4. The molecule has 4 aromatic rings. The summed E-state index contributed by atoms with van der Waals surface area (Å²) in [5.41, 5.74) is 8.61. The normalized spacial score (nSPS) is 12.1. The molecule has 0 aliphatic rings. The van der Waals surface area contributed by atoms with Gasteiger partial charge < -0.3 is 26.4 Å². The lowest BCUT2D eigenvalue weighted by molar-refractivity contribution is -0.130. The quantitative estimate of drug-likeness (QED) is 0.179. The van der Waals surface area contributed by atoms with Crippen LogP contribution >= 0.6 is 11.3 Å². The molecule has 0 saturated heterocycles. The molecule has 2 aromatic carbocycles. The van der Waals surface area contributed by atoms with Gasteiger partial charge >= 0.3 is 0 Å². The molecular weight excluding hydrogens is 550 g/mol. The van der Waals surface area contributed by atoms with Gasteiger partial charge in [0, 0.05) is 37.0 Å². The lowest BCUT2D eigenvalue weighted by Gasteiger charge is -2.23. The summed E-state index contributed by atoms with van der Waals surface area (Å²) < 4.78 is 5.52. The van der Waals surface area contributed by atoms with Crippen LogP contribution in [0.5, 0.6) is 5.75 Å². The Kier molecular flexibility index (Phi) is 11.2. The number of hydrogen-bond acceptors (Lipinski definition) is 7. The molecule has 0 spiro atoms. The fourth-order valence-electron chi connectivity index (χ4n) is 4.28. The number of carbonyl (C=O) groups is 3. The molecule has 10 heteroatoms. The Hall–Kier alpha value is -4.54. The Labute approximate surface area is 249 Å². The highest BCUT2D eigenvalue weighted by atomic mass is 32.1. The molecule has 2 heterocycles. The first-order valence-electron chi connectivity index (χ1n) is 13.8. The molecular formula is C32H35N5O4S. The second kappa shape index (κ2) is 15.5. The van der Waals surface area contributed by atoms with E-state index in [0.717, 1.165) is 21.6 Å². The lowest BCUT2D eigenvalue weighted by atomic mass is 10.0. The molecule has 0 saturated carbocycles. The number of aromatic nitrogens is 1. The number of rotatable bonds is 14. The minimum Gasteiger partial charge on any atom is -0.494 e. The van der Waals surface area contributed by atoms with Crippen LogP contribution in [0.15, 0.2) is 90.4 Å². The van der Waals surface area contributed by atoms with Crippen molar-refractivity contribution in [2.75, 3.05) is 6.61 Å². The Morgan fingerprint density at radius 1 is 0.833 bits per heavy atom. The van der Waals surface area contributed by atoms with Crippen molar-refractivity contribution in [1.82, 2.24) is 20.9 Å². The van der Waals surface area contributed by atoms with Crippen molar-refractivity contribution in [2.24, 2.45) is 5.73 Å². The highest BCUT2D eigenvalue weighted by molar-refractivity contribution is 7.09. The molecule has 0 aliphatic carbocycles. The maximum Gasteiger partial charge on any atom is 0.270 e. The summed E-state index contributed by atoms with van der Waals surface area (Å²) in [6.45, 7) is 3.18. The van der Waals surface area contributed by atoms with Crippen LogP contribution in [0, 0.1) is 0 Å². The zero-order valence-corrected chi connectivity index (χ0v) is 24.2. The molecule has 0 bridgehead atoms. The summed E-state index contributed by atoms with van der Waals surface area (Å²) in [7, 11) is 0. The lowest BCUT2D eigenvalue weighted by Crippen LogP contribution is -2.55. The maximum atomic E-state index is 13.7. The number of thiophene rings is 1. The van der Waals surface area contributed by atoms with E-state index < -0.39 is 23.9 Å². The van der Waals surface area contributed by atoms with E-state index in [1.807, 2.05) is 73.0 Å². The first kappa shape index (κ1) is 30.4. The predicted octanol–water partition coefficient (Wildman–Crippen LogP) is 3.39. The van der Waals surface area contributed by atoms with Crippen LogP contribution in [0.3, 0.4) is 0 Å². The van der Waals surface area contributed by atoms with Crippen molar-refractivity contribution >= 4 is 29.1 Å². The Bertz CT molecular complexity index is 1430. The monoisotopic (exact) mass is 585 g/mol. The van der Waals surface area contributed by atoms with Gasteiger partial charge in [0.25, 0.3) is 5.91 Å². The molecule has 9 nitrogen and oxygen atoms in total. The molecule has 5 N–H and O–H groups in total. The van der Waals surface area contributed by atoms with Crippen LogP contribution in [-0.4, -0.2) is 41.4 Å². The minimum atomic E-state index is -0.958. The molecule has 0 fully saturated rings. The fourth-order valence-corrected chi connectivity index (χ4v) is 5.03. The molecule has 2 aromatic heterocycles. The third-order valence-corrected chi connectivity index (χ3v) is 7.44. The van der Waals surface area contributed by atoms with E-state index >= 15 is 0 Å². The fraction of sp³-hybridized carbons (Fsp3) is 0.250. The second-order valence-electron chi connectivity index (χ2n) is 9.61. The van der Waals surface area contributed by atoms with Crippen LogP contribution in [0.25, 0.3) is 0 Å². The average molecular weight is 586 g/mol. The van der Waals surface area contributed by atoms with E-state index in [2.05, 4.69) is 20.9 Å². The van der Waals surface area contributed by atoms with Crippen molar-refractivity contribution in [2.45, 2.75) is 44.9 Å². The topological polar surface area (TPSA) is 135 Å². The van der Waals surface area contributed by atoms with Gasteiger partial charge in [-0.25, -0.2) is 0 Å². The van der Waals surface area contributed by atoms with Crippen LogP contribution < -0.4 is 26.4 Å². The number of hydrogen-bond donors (Lipinski definition) is 4. The van der Waals surface area contributed by atoms with Gasteiger partial charge in [0.1, 0.15) is 23.5 Å². The number of nitrogens with zero attached hydrogens (tertiary/aromatic N) is 1. The predicted molar refractivity (Wildman–Crippen MR) is 163 cm³/mol. The molecule has 0 radical (unpaired) electrons. The average Bonchev–Trinajstić information content (AvgIpc) is 3.54. The van der Waals surface area contributed by atoms with E-state index in [1.54, 1.807) is 18.2 Å². The van der Waals surface area contributed by atoms with Crippen LogP contribution in [-0.2, 0) is 35.5 Å². The van der Waals surface area contributed by atoms with E-state index in [9.17, 15) is 14.4 Å². The highest BCUT2D eigenvalue weighted by Gasteiger charge is 2.28. The number of ether oxygens (including phenoxy) is 1. The standard InChI is InChI=1S/C32H35N5O4S/c1-2-41-25-14-12-22(13-15-25)18-28(36-31(39)27-7-3-4-16-34-27)32(40)37-29(19-26-6-5-17-42-26)30(38)35-21-24-10-8-23(20-33)9-11-24/h3-17,28-29H,2,18-21,33H2,1H3,(H,35,38)(H,36,39)(H,37,40)/t28-,29+/m1/s1. The van der Waals surface area contributed by atoms with Gasteiger partial charge in [0.2, 0.25) is 11.8 Å². The minimum absolute atomic E-state index is 0.190. The van der Waals surface area contributed by atoms with Crippen LogP contribution in [0.2, 0.25) is 0 Å². The zero-order chi connectivity index (χ0) is 29.7. The van der Waals surface area contributed by atoms with E-state index in [1.165, 1.54) is 17.5 Å². The van der Waals surface area contributed by atoms with Crippen molar-refractivity contribution in [3.63, 3.8) is 0 Å². The summed E-state index contributed by atoms with van der Waals surface area (Å²) >= 11 is 1.51. The van der Waals surface area contributed by atoms with Crippen molar-refractivity contribution < 1.29 is 19.1 Å². The molecule has 2 atom stereocenters. The molecule has 218 valence electrons. The van der Waals surface area contributed by atoms with Gasteiger partial charge in [0.05, 0.1) is 6.61 Å². The van der Waals surface area contributed by atoms with Crippen LogP contribution in [0.4, 0.5) is 0 Å². The van der Waals surface area contributed by atoms with Gasteiger partial charge in [-0.05, 0) is 59.3 Å². The van der Waals surface area contributed by atoms with Crippen molar-refractivity contribution in [1.29, 1.82) is 0 Å². The molecule has 3 amide bonds. The highest BCUT2D eigenvalue weighted by Crippen LogP contribution is 2.15. The smallest absolute Gasteiger partial charge is 0.270 e. The van der Waals surface area contributed by atoms with Gasteiger partial charge in [-0.2, -0.15) is 0 Å². The van der Waals surface area contributed by atoms with Gasteiger partial charge in [-0.3, -0.25) is 19.4 Å². The van der Waals surface area contributed by atoms with E-state index in [0.29, 0.717) is 31.9 Å². The molecule has 0 aliphatic heterocycles. The zero-order valence-electron chi connectivity index (χ0n) is 23.4. The van der Waals surface area contributed by atoms with E-state index in [-0.39, 0.29) is 18.0 Å². The van der Waals surface area contributed by atoms with Gasteiger partial charge in [0.15, 0.2) is 0 Å². The number of carbonyl (C=O) groups excluding carboxylic acids is 3. The summed E-state index contributed by atoms with van der Waals surface area (Å²) in [6, 6.07) is 22.0. The number of pyridine rings is 1. The maximum absolute atomic E-state index is 13.7. The Morgan fingerprint density at radius 2 is 1.55 bits per heavy atom. The largest absolute Gasteiger partial charge is 0.494 e. The summed E-state index contributed by atoms with van der Waals surface area (Å²) in [6.07, 6.45) is 2.03. The van der Waals surface area contributed by atoms with Gasteiger partial charge in [-0.15, -0.1) is 11.3 Å². The Morgan fingerprint density at radius 3 is 2.19 bits per heavy atom. The SMILES string of the molecule is CCOc1ccc(C[C@@H](NC(=O)c2ccccn2)C(=O)N[C@@H](Cc2cccs2)C(=O)NCc2ccc(CN)cc2)cc1. The number of nitrogens with one attached hydrogen (secondary N) is 3. The first-order valence-corrected chi connectivity index (χ1v) is 14.6. The van der Waals surface area contributed by atoms with Crippen molar-refractivity contribution in [3.05, 3.63) is 118 Å². The molecule has 4 rings (SSSR count). The summed E-state index contributed by atoms with van der Waals surface area (Å²) in [5.74, 6) is -0.570. The molecule has 0 unspecified atom stereocenters. The molecule has 42 heavy (non-hydrogen) atoms. The third kappa shape index (κ3) is 8.98. The number of amides is 3. The summed E-state index contributed by atoms with van der Waals surface area (Å²) in [5, 5.41) is 10.6. The second-order valence-corrected chi connectivity index (χ2v) is 10.6. The third-order valence-electron chi connectivity index (χ3n) is 6.54. The van der Waals surface area contributed by atoms with Gasteiger partial charge in [-0.1, -0.05) is 48.5 Å². The van der Waals surface area contributed by atoms with E-state index in [4.69, 9.17) is 10.5 Å². The number of nitrogens with two attached hydrogens (primary N) is 1. The van der Waals surface area contributed by atoms with Crippen LogP contribution in [0.1, 0.15) is 39.0 Å².